The van der Waals surface area contributed by atoms with Gasteiger partial charge in [0.2, 0.25) is 15.9 Å². The van der Waals surface area contributed by atoms with Crippen LogP contribution in [0.15, 0.2) is 48.5 Å². The van der Waals surface area contributed by atoms with Crippen LogP contribution in [0, 0.1) is 0 Å². The number of hydrogen-bond acceptors (Lipinski definition) is 4. The fraction of sp³-hybridized carbons (Fsp3) is 0.417. The topological polar surface area (TPSA) is 95.6 Å². The molecule has 3 rings (SSSR count). The van der Waals surface area contributed by atoms with Gasteiger partial charge < -0.3 is 10.6 Å². The number of para-hydroxylation sites is 1. The van der Waals surface area contributed by atoms with E-state index in [-0.39, 0.29) is 30.8 Å². The van der Waals surface area contributed by atoms with Crippen molar-refractivity contribution in [2.75, 3.05) is 22.4 Å². The molecule has 33 heavy (non-hydrogen) atoms. The summed E-state index contributed by atoms with van der Waals surface area (Å²) in [5.41, 5.74) is 1.33. The van der Waals surface area contributed by atoms with Crippen LogP contribution >= 0.6 is 11.6 Å². The van der Waals surface area contributed by atoms with Crippen LogP contribution in [-0.2, 0) is 14.8 Å². The molecular formula is C24H30ClN3O4S. The molecule has 1 aliphatic rings. The highest BCUT2D eigenvalue weighted by Gasteiger charge is 2.20. The first-order valence-corrected chi connectivity index (χ1v) is 13.4. The highest BCUT2D eigenvalue weighted by molar-refractivity contribution is 7.92. The Labute approximate surface area is 200 Å². The van der Waals surface area contributed by atoms with Crippen LogP contribution in [0.3, 0.4) is 0 Å². The molecule has 0 aromatic heterocycles. The van der Waals surface area contributed by atoms with Crippen molar-refractivity contribution in [3.8, 4) is 0 Å². The Balaban J connectivity index is 1.59. The molecule has 0 heterocycles. The second-order valence-corrected chi connectivity index (χ2v) is 10.7. The molecule has 0 saturated heterocycles. The van der Waals surface area contributed by atoms with Gasteiger partial charge in [0.1, 0.15) is 0 Å². The highest BCUT2D eigenvalue weighted by atomic mass is 35.5. The Kier molecular flexibility index (Phi) is 8.74. The van der Waals surface area contributed by atoms with Gasteiger partial charge in [-0.1, -0.05) is 49.1 Å². The van der Waals surface area contributed by atoms with Crippen LogP contribution < -0.4 is 14.9 Å². The normalized spacial score (nSPS) is 14.5. The minimum absolute atomic E-state index is 0.102. The summed E-state index contributed by atoms with van der Waals surface area (Å²) >= 11 is 6.00. The van der Waals surface area contributed by atoms with E-state index in [1.54, 1.807) is 48.5 Å². The van der Waals surface area contributed by atoms with Crippen molar-refractivity contribution >= 4 is 44.8 Å². The second kappa shape index (κ2) is 11.5. The summed E-state index contributed by atoms with van der Waals surface area (Å²) in [7, 11) is -3.53. The molecule has 0 bridgehead atoms. The Bertz CT molecular complexity index is 1080. The fourth-order valence-electron chi connectivity index (χ4n) is 4.01. The second-order valence-electron chi connectivity index (χ2n) is 8.32. The monoisotopic (exact) mass is 491 g/mol. The van der Waals surface area contributed by atoms with Gasteiger partial charge in [0.05, 0.1) is 23.2 Å². The molecule has 0 spiro atoms. The first-order valence-electron chi connectivity index (χ1n) is 11.2. The smallest absolute Gasteiger partial charge is 0.253 e. The molecular weight excluding hydrogens is 462 g/mol. The minimum atomic E-state index is -3.53. The van der Waals surface area contributed by atoms with Gasteiger partial charge in [-0.3, -0.25) is 13.9 Å². The molecule has 0 radical (unpaired) electrons. The molecule has 2 aromatic rings. The summed E-state index contributed by atoms with van der Waals surface area (Å²) in [5.74, 6) is -0.477. The summed E-state index contributed by atoms with van der Waals surface area (Å²) in [6.07, 6.45) is 6.91. The van der Waals surface area contributed by atoms with E-state index < -0.39 is 10.0 Å². The summed E-state index contributed by atoms with van der Waals surface area (Å²) in [5, 5.41) is 6.31. The van der Waals surface area contributed by atoms with Crippen LogP contribution in [0.2, 0.25) is 5.02 Å². The molecule has 1 aliphatic carbocycles. The highest BCUT2D eigenvalue weighted by Crippen LogP contribution is 2.23. The van der Waals surface area contributed by atoms with Crippen LogP contribution in [0.4, 0.5) is 11.4 Å². The number of benzene rings is 2. The average molecular weight is 492 g/mol. The lowest BCUT2D eigenvalue weighted by molar-refractivity contribution is -0.116. The van der Waals surface area contributed by atoms with E-state index in [0.717, 1.165) is 31.9 Å². The third-order valence-corrected chi connectivity index (χ3v) is 7.08. The SMILES string of the molecule is CS(=O)(=O)N(CCCC(=O)Nc1ccccc1C(=O)NC1CCCCC1)c1cccc(Cl)c1. The summed E-state index contributed by atoms with van der Waals surface area (Å²) < 4.78 is 25.7. The summed E-state index contributed by atoms with van der Waals surface area (Å²) in [4.78, 5) is 25.3. The molecule has 9 heteroatoms. The lowest BCUT2D eigenvalue weighted by Crippen LogP contribution is -2.36. The van der Waals surface area contributed by atoms with Gasteiger partial charge in [0.15, 0.2) is 0 Å². The molecule has 0 aliphatic heterocycles. The van der Waals surface area contributed by atoms with Crippen LogP contribution in [-0.4, -0.2) is 39.1 Å². The number of nitrogens with zero attached hydrogens (tertiary/aromatic N) is 1. The van der Waals surface area contributed by atoms with Crippen LogP contribution in [0.1, 0.15) is 55.3 Å². The van der Waals surface area contributed by atoms with Crippen molar-refractivity contribution in [1.29, 1.82) is 0 Å². The molecule has 2 aromatic carbocycles. The number of anilines is 2. The average Bonchev–Trinajstić information content (AvgIpc) is 2.77. The predicted octanol–water partition coefficient (Wildman–Crippen LogP) is 4.59. The molecule has 1 saturated carbocycles. The largest absolute Gasteiger partial charge is 0.349 e. The van der Waals surface area contributed by atoms with Gasteiger partial charge in [0.25, 0.3) is 5.91 Å². The fourth-order valence-corrected chi connectivity index (χ4v) is 5.16. The molecule has 178 valence electrons. The lowest BCUT2D eigenvalue weighted by atomic mass is 9.95. The Morgan fingerprint density at radius 2 is 1.79 bits per heavy atom. The van der Waals surface area contributed by atoms with E-state index >= 15 is 0 Å². The molecule has 2 amide bonds. The Morgan fingerprint density at radius 3 is 2.48 bits per heavy atom. The quantitative estimate of drug-likeness (QED) is 0.536. The zero-order valence-corrected chi connectivity index (χ0v) is 20.3. The zero-order chi connectivity index (χ0) is 23.8. The van der Waals surface area contributed by atoms with E-state index in [1.165, 1.54) is 10.7 Å². The maximum atomic E-state index is 12.8. The number of sulfonamides is 1. The standard InChI is InChI=1S/C24H30ClN3O4S/c1-33(31,32)28(20-12-7-9-18(25)17-20)16-8-15-23(29)27-22-14-6-5-13-21(22)24(30)26-19-10-3-2-4-11-19/h5-7,9,12-14,17,19H,2-4,8,10-11,15-16H2,1H3,(H,26,30)(H,27,29). The lowest BCUT2D eigenvalue weighted by Gasteiger charge is -2.23. The number of halogens is 1. The Hall–Kier alpha value is -2.58. The van der Waals surface area contributed by atoms with Gasteiger partial charge in [-0.2, -0.15) is 0 Å². The van der Waals surface area contributed by atoms with E-state index in [4.69, 9.17) is 11.6 Å². The molecule has 2 N–H and O–H groups in total. The van der Waals surface area contributed by atoms with Crippen molar-refractivity contribution in [2.24, 2.45) is 0 Å². The third kappa shape index (κ3) is 7.47. The van der Waals surface area contributed by atoms with Crippen molar-refractivity contribution < 1.29 is 18.0 Å². The summed E-state index contributed by atoms with van der Waals surface area (Å²) in [6.45, 7) is 0.135. The van der Waals surface area contributed by atoms with E-state index in [9.17, 15) is 18.0 Å². The van der Waals surface area contributed by atoms with Gasteiger partial charge in [0, 0.05) is 24.0 Å². The number of rotatable bonds is 9. The molecule has 0 unspecified atom stereocenters. The minimum Gasteiger partial charge on any atom is -0.349 e. The maximum absolute atomic E-state index is 12.8. The number of hydrogen-bond donors (Lipinski definition) is 2. The van der Waals surface area contributed by atoms with Gasteiger partial charge in [-0.05, 0) is 49.6 Å². The van der Waals surface area contributed by atoms with E-state index in [0.29, 0.717) is 28.4 Å². The number of carbonyl (C=O) groups is 2. The van der Waals surface area contributed by atoms with Crippen molar-refractivity contribution in [3.63, 3.8) is 0 Å². The van der Waals surface area contributed by atoms with Crippen LogP contribution in [0.5, 0.6) is 0 Å². The maximum Gasteiger partial charge on any atom is 0.253 e. The molecule has 0 atom stereocenters. The number of amides is 2. The summed E-state index contributed by atoms with van der Waals surface area (Å²) in [6, 6.07) is 13.7. The van der Waals surface area contributed by atoms with Gasteiger partial charge >= 0.3 is 0 Å². The molecule has 7 nitrogen and oxygen atoms in total. The van der Waals surface area contributed by atoms with Crippen molar-refractivity contribution in [1.82, 2.24) is 5.32 Å². The van der Waals surface area contributed by atoms with E-state index in [2.05, 4.69) is 10.6 Å². The predicted molar refractivity (Wildman–Crippen MR) is 132 cm³/mol. The Morgan fingerprint density at radius 1 is 1.06 bits per heavy atom. The van der Waals surface area contributed by atoms with Gasteiger partial charge in [-0.25, -0.2) is 8.42 Å². The van der Waals surface area contributed by atoms with Gasteiger partial charge in [-0.15, -0.1) is 0 Å². The molecule has 1 fully saturated rings. The zero-order valence-electron chi connectivity index (χ0n) is 18.7. The number of nitrogens with one attached hydrogen (secondary N) is 2. The van der Waals surface area contributed by atoms with Crippen LogP contribution in [0.25, 0.3) is 0 Å². The van der Waals surface area contributed by atoms with E-state index in [1.807, 2.05) is 0 Å². The van der Waals surface area contributed by atoms with Crippen molar-refractivity contribution in [3.05, 3.63) is 59.1 Å². The first-order chi connectivity index (χ1) is 15.7. The number of carbonyl (C=O) groups excluding carboxylic acids is 2. The first kappa shape index (κ1) is 25.1. The third-order valence-electron chi connectivity index (χ3n) is 5.65. The van der Waals surface area contributed by atoms with Crippen molar-refractivity contribution in [2.45, 2.75) is 51.0 Å².